The van der Waals surface area contributed by atoms with E-state index >= 15 is 0 Å². The Hall–Kier alpha value is 0.270. The summed E-state index contributed by atoms with van der Waals surface area (Å²) in [7, 11) is 2.08. The van der Waals surface area contributed by atoms with Gasteiger partial charge in [-0.3, -0.25) is 0 Å². The molecule has 0 aliphatic heterocycles. The maximum atomic E-state index is 8.89. The molecule has 0 aromatic heterocycles. The number of aliphatic hydroxyl groups excluding tert-OH is 1. The Morgan fingerprint density at radius 1 is 1.50 bits per heavy atom. The zero-order valence-electron chi connectivity index (χ0n) is 9.33. The van der Waals surface area contributed by atoms with Crippen LogP contribution in [0.25, 0.3) is 0 Å². The fraction of sp³-hybridized carbons (Fsp3) is 1.00. The lowest BCUT2D eigenvalue weighted by molar-refractivity contribution is 0.300. The van der Waals surface area contributed by atoms with Crippen LogP contribution in [-0.4, -0.2) is 35.8 Å². The van der Waals surface area contributed by atoms with Gasteiger partial charge in [0.1, 0.15) is 0 Å². The van der Waals surface area contributed by atoms with E-state index in [-0.39, 0.29) is 0 Å². The van der Waals surface area contributed by atoms with Crippen LogP contribution in [0.1, 0.15) is 32.6 Å². The van der Waals surface area contributed by atoms with E-state index in [9.17, 15) is 0 Å². The first-order chi connectivity index (χ1) is 6.77. The third kappa shape index (κ3) is 3.79. The molecule has 0 aromatic rings. The first kappa shape index (κ1) is 12.3. The monoisotopic (exact) mass is 217 g/mol. The Kier molecular flexibility index (Phi) is 5.90. The van der Waals surface area contributed by atoms with E-state index in [2.05, 4.69) is 19.3 Å². The minimum Gasteiger partial charge on any atom is -0.395 e. The molecule has 3 heteroatoms. The first-order valence-corrected chi connectivity index (χ1v) is 6.72. The van der Waals surface area contributed by atoms with E-state index in [0.717, 1.165) is 12.0 Å². The molecule has 0 radical (unpaired) electrons. The summed E-state index contributed by atoms with van der Waals surface area (Å²) in [5.74, 6) is 2.07. The van der Waals surface area contributed by atoms with E-state index in [1.165, 1.54) is 31.4 Å². The van der Waals surface area contributed by atoms with Gasteiger partial charge < -0.3 is 10.4 Å². The van der Waals surface area contributed by atoms with Gasteiger partial charge in [0.25, 0.3) is 0 Å². The number of hydrogen-bond acceptors (Lipinski definition) is 3. The molecule has 14 heavy (non-hydrogen) atoms. The molecule has 0 heterocycles. The van der Waals surface area contributed by atoms with Crippen molar-refractivity contribution >= 4 is 11.8 Å². The highest BCUT2D eigenvalue weighted by Gasteiger charge is 2.25. The molecule has 1 saturated carbocycles. The van der Waals surface area contributed by atoms with Crippen LogP contribution in [0.15, 0.2) is 0 Å². The van der Waals surface area contributed by atoms with Crippen LogP contribution < -0.4 is 5.32 Å². The maximum Gasteiger partial charge on any atom is 0.0547 e. The van der Waals surface area contributed by atoms with Crippen LogP contribution in [0.4, 0.5) is 0 Å². The van der Waals surface area contributed by atoms with E-state index in [1.807, 2.05) is 11.8 Å². The highest BCUT2D eigenvalue weighted by atomic mass is 32.2. The summed E-state index contributed by atoms with van der Waals surface area (Å²) in [5.41, 5.74) is 0. The minimum absolute atomic E-state index is 0.310. The van der Waals surface area contributed by atoms with Crippen molar-refractivity contribution in [1.82, 2.24) is 5.32 Å². The Morgan fingerprint density at radius 2 is 2.29 bits per heavy atom. The number of aliphatic hydroxyl groups is 1. The summed E-state index contributed by atoms with van der Waals surface area (Å²) in [6.45, 7) is 2.40. The molecule has 1 aliphatic rings. The summed E-state index contributed by atoms with van der Waals surface area (Å²) < 4.78 is 0. The molecular formula is C11H23NOS. The average molecular weight is 217 g/mol. The van der Waals surface area contributed by atoms with Crippen molar-refractivity contribution in [2.45, 2.75) is 43.9 Å². The average Bonchev–Trinajstić information content (AvgIpc) is 2.65. The first-order valence-electron chi connectivity index (χ1n) is 5.67. The smallest absolute Gasteiger partial charge is 0.0547 e. The molecule has 0 amide bonds. The number of rotatable bonds is 6. The molecule has 3 unspecified atom stereocenters. The lowest BCUT2D eigenvalue weighted by atomic mass is 10.0. The maximum absolute atomic E-state index is 8.89. The molecule has 2 N–H and O–H groups in total. The molecule has 0 bridgehead atoms. The van der Waals surface area contributed by atoms with Crippen molar-refractivity contribution in [3.63, 3.8) is 0 Å². The lowest BCUT2D eigenvalue weighted by Gasteiger charge is -2.19. The van der Waals surface area contributed by atoms with Crippen LogP contribution in [0.5, 0.6) is 0 Å². The number of nitrogens with one attached hydrogen (secondary N) is 1. The van der Waals surface area contributed by atoms with Gasteiger partial charge in [-0.1, -0.05) is 13.3 Å². The molecule has 2 nitrogen and oxygen atoms in total. The van der Waals surface area contributed by atoms with Gasteiger partial charge in [-0.2, -0.15) is 11.8 Å². The molecule has 3 atom stereocenters. The second-order valence-electron chi connectivity index (χ2n) is 4.24. The Balaban J connectivity index is 2.11. The van der Waals surface area contributed by atoms with Crippen molar-refractivity contribution in [2.24, 2.45) is 5.92 Å². The largest absolute Gasteiger partial charge is 0.395 e. The molecule has 0 aromatic carbocycles. The zero-order valence-corrected chi connectivity index (χ0v) is 10.1. The van der Waals surface area contributed by atoms with Gasteiger partial charge in [0, 0.05) is 11.3 Å². The lowest BCUT2D eigenvalue weighted by Crippen LogP contribution is -2.29. The van der Waals surface area contributed by atoms with E-state index in [0.29, 0.717) is 11.9 Å². The SMILES string of the molecule is CNC1CCCC1CCSC(C)CO. The van der Waals surface area contributed by atoms with Gasteiger partial charge in [-0.05, 0) is 38.0 Å². The second-order valence-corrected chi connectivity index (χ2v) is 5.79. The molecular weight excluding hydrogens is 194 g/mol. The van der Waals surface area contributed by atoms with Gasteiger partial charge in [-0.25, -0.2) is 0 Å². The highest BCUT2D eigenvalue weighted by Crippen LogP contribution is 2.29. The van der Waals surface area contributed by atoms with Gasteiger partial charge >= 0.3 is 0 Å². The third-order valence-electron chi connectivity index (χ3n) is 3.18. The second kappa shape index (κ2) is 6.70. The van der Waals surface area contributed by atoms with Gasteiger partial charge in [0.2, 0.25) is 0 Å². The van der Waals surface area contributed by atoms with Crippen LogP contribution in [0, 0.1) is 5.92 Å². The third-order valence-corrected chi connectivity index (χ3v) is 4.37. The normalized spacial score (nSPS) is 29.4. The molecule has 1 fully saturated rings. The van der Waals surface area contributed by atoms with E-state index in [1.54, 1.807) is 0 Å². The van der Waals surface area contributed by atoms with Gasteiger partial charge in [-0.15, -0.1) is 0 Å². The summed E-state index contributed by atoms with van der Waals surface area (Å²) in [4.78, 5) is 0. The fourth-order valence-electron chi connectivity index (χ4n) is 2.24. The van der Waals surface area contributed by atoms with Crippen molar-refractivity contribution < 1.29 is 5.11 Å². The molecule has 1 rings (SSSR count). The molecule has 0 spiro atoms. The highest BCUT2D eigenvalue weighted by molar-refractivity contribution is 7.99. The minimum atomic E-state index is 0.310. The molecule has 1 aliphatic carbocycles. The Labute approximate surface area is 91.9 Å². The van der Waals surface area contributed by atoms with Crippen LogP contribution in [0.2, 0.25) is 0 Å². The predicted molar refractivity (Wildman–Crippen MR) is 63.8 cm³/mol. The zero-order chi connectivity index (χ0) is 10.4. The molecule has 84 valence electrons. The number of thioether (sulfide) groups is 1. The topological polar surface area (TPSA) is 32.3 Å². The van der Waals surface area contributed by atoms with Crippen molar-refractivity contribution in [3.8, 4) is 0 Å². The summed E-state index contributed by atoms with van der Waals surface area (Å²) in [6.07, 6.45) is 5.43. The van der Waals surface area contributed by atoms with E-state index in [4.69, 9.17) is 5.11 Å². The molecule has 0 saturated heterocycles. The van der Waals surface area contributed by atoms with Crippen molar-refractivity contribution in [1.29, 1.82) is 0 Å². The Bertz CT molecular complexity index is 154. The van der Waals surface area contributed by atoms with Crippen molar-refractivity contribution in [3.05, 3.63) is 0 Å². The fourth-order valence-corrected chi connectivity index (χ4v) is 3.18. The quantitative estimate of drug-likeness (QED) is 0.712. The van der Waals surface area contributed by atoms with E-state index < -0.39 is 0 Å². The van der Waals surface area contributed by atoms with Crippen LogP contribution in [-0.2, 0) is 0 Å². The summed E-state index contributed by atoms with van der Waals surface area (Å²) >= 11 is 1.90. The summed E-state index contributed by atoms with van der Waals surface area (Å²) in [6, 6.07) is 0.750. The van der Waals surface area contributed by atoms with Gasteiger partial charge in [0.05, 0.1) is 6.61 Å². The Morgan fingerprint density at radius 3 is 2.93 bits per heavy atom. The van der Waals surface area contributed by atoms with Gasteiger partial charge in [0.15, 0.2) is 0 Å². The van der Waals surface area contributed by atoms with Crippen molar-refractivity contribution in [2.75, 3.05) is 19.4 Å². The number of hydrogen-bond donors (Lipinski definition) is 2. The predicted octanol–water partition coefficient (Wildman–Crippen LogP) is 1.88. The standard InChI is InChI=1S/C11H23NOS/c1-9(8-13)14-7-6-10-4-3-5-11(10)12-2/h9-13H,3-8H2,1-2H3. The van der Waals surface area contributed by atoms with Crippen LogP contribution >= 0.6 is 11.8 Å². The summed E-state index contributed by atoms with van der Waals surface area (Å²) in [5, 5.41) is 12.7. The van der Waals surface area contributed by atoms with Crippen LogP contribution in [0.3, 0.4) is 0 Å².